The molecule has 1 aliphatic heterocycles. The molecule has 0 saturated carbocycles. The summed E-state index contributed by atoms with van der Waals surface area (Å²) in [5, 5.41) is 8.86. The Labute approximate surface area is 110 Å². The van der Waals surface area contributed by atoms with E-state index in [0.29, 0.717) is 5.06 Å². The Kier molecular flexibility index (Phi) is 6.65. The van der Waals surface area contributed by atoms with Crippen LogP contribution in [0.3, 0.4) is 0 Å². The summed E-state index contributed by atoms with van der Waals surface area (Å²) >= 11 is 0. The van der Waals surface area contributed by atoms with Crippen LogP contribution in [0.25, 0.3) is 0 Å². The van der Waals surface area contributed by atoms with E-state index in [2.05, 4.69) is 4.84 Å². The van der Waals surface area contributed by atoms with Crippen LogP contribution in [0.5, 0.6) is 0 Å². The Hall–Kier alpha value is -0.508. The van der Waals surface area contributed by atoms with Gasteiger partial charge in [0.25, 0.3) is 0 Å². The molecule has 0 aromatic heterocycles. The van der Waals surface area contributed by atoms with Crippen molar-refractivity contribution >= 4 is 17.8 Å². The monoisotopic (exact) mass is 438 g/mol. The summed E-state index contributed by atoms with van der Waals surface area (Å²) in [4.78, 5) is 37.3. The molecule has 1 fully saturated rings. The van der Waals surface area contributed by atoms with Crippen molar-refractivity contribution < 1.29 is 55.4 Å². The number of hydroxylamine groups is 2. The molecule has 1 N–H and O–H groups in total. The van der Waals surface area contributed by atoms with Crippen LogP contribution in [-0.4, -0.2) is 34.6 Å². The van der Waals surface area contributed by atoms with E-state index in [4.69, 9.17) is 5.11 Å². The molecule has 1 heterocycles. The van der Waals surface area contributed by atoms with Crippen LogP contribution in [0, 0.1) is 37.5 Å². The Bertz CT molecular complexity index is 252. The van der Waals surface area contributed by atoms with Gasteiger partial charge >= 0.3 is 5.97 Å². The SMILES string of the molecule is O=C(CCCO)ON1C(=O)[CH-]CC1=O.[U]. The number of rotatable bonds is 4. The average molecular weight is 438 g/mol. The van der Waals surface area contributed by atoms with Gasteiger partial charge in [-0.25, -0.2) is 4.79 Å². The minimum absolute atomic E-state index is 0. The first kappa shape index (κ1) is 14.5. The van der Waals surface area contributed by atoms with Crippen LogP contribution in [0.2, 0.25) is 0 Å². The first-order valence-corrected chi connectivity index (χ1v) is 4.17. The van der Waals surface area contributed by atoms with Crippen molar-refractivity contribution in [2.75, 3.05) is 6.61 Å². The second-order valence-electron chi connectivity index (χ2n) is 2.73. The number of imide groups is 1. The molecule has 0 aliphatic carbocycles. The van der Waals surface area contributed by atoms with Gasteiger partial charge in [0.15, 0.2) is 0 Å². The number of aliphatic hydroxyl groups excluding tert-OH is 1. The molecule has 15 heavy (non-hydrogen) atoms. The first-order valence-electron chi connectivity index (χ1n) is 4.17. The quantitative estimate of drug-likeness (QED) is 0.458. The molecular weight excluding hydrogens is 428 g/mol. The Morgan fingerprint density at radius 3 is 2.67 bits per heavy atom. The fraction of sp³-hybridized carbons (Fsp3) is 0.500. The Morgan fingerprint density at radius 1 is 1.53 bits per heavy atom. The van der Waals surface area contributed by atoms with E-state index in [1.54, 1.807) is 0 Å². The third-order valence-electron chi connectivity index (χ3n) is 1.61. The minimum atomic E-state index is -0.698. The molecule has 0 radical (unpaired) electrons. The van der Waals surface area contributed by atoms with Gasteiger partial charge in [0.05, 0.1) is 6.42 Å². The summed E-state index contributed by atoms with van der Waals surface area (Å²) in [6.07, 6.45) is 1.33. The van der Waals surface area contributed by atoms with Crippen LogP contribution in [-0.2, 0) is 19.2 Å². The van der Waals surface area contributed by atoms with Crippen LogP contribution in [0.1, 0.15) is 19.3 Å². The van der Waals surface area contributed by atoms with Gasteiger partial charge in [0.1, 0.15) is 5.91 Å². The van der Waals surface area contributed by atoms with Gasteiger partial charge in [-0.05, 0) is 6.42 Å². The zero-order valence-corrected chi connectivity index (χ0v) is 12.1. The number of carbonyl (C=O) groups is 3. The van der Waals surface area contributed by atoms with E-state index in [1.165, 1.54) is 0 Å². The molecule has 2 amide bonds. The van der Waals surface area contributed by atoms with Crippen molar-refractivity contribution in [3.8, 4) is 0 Å². The molecule has 7 heteroatoms. The third-order valence-corrected chi connectivity index (χ3v) is 1.61. The third kappa shape index (κ3) is 4.24. The van der Waals surface area contributed by atoms with E-state index in [1.807, 2.05) is 0 Å². The summed E-state index contributed by atoms with van der Waals surface area (Å²) in [6, 6.07) is 0. The molecule has 82 valence electrons. The number of hydrogen-bond acceptors (Lipinski definition) is 5. The van der Waals surface area contributed by atoms with Crippen molar-refractivity contribution in [1.29, 1.82) is 0 Å². The Morgan fingerprint density at radius 2 is 2.20 bits per heavy atom. The molecule has 1 saturated heterocycles. The van der Waals surface area contributed by atoms with Crippen molar-refractivity contribution in [3.05, 3.63) is 6.42 Å². The molecule has 1 aliphatic rings. The number of nitrogens with zero attached hydrogens (tertiary/aromatic N) is 1. The number of hydrogen-bond donors (Lipinski definition) is 1. The van der Waals surface area contributed by atoms with Crippen molar-refractivity contribution in [2.24, 2.45) is 0 Å². The predicted molar refractivity (Wildman–Crippen MR) is 43.2 cm³/mol. The van der Waals surface area contributed by atoms with E-state index in [9.17, 15) is 14.4 Å². The van der Waals surface area contributed by atoms with Gasteiger partial charge in [-0.15, -0.1) is 5.06 Å². The Balaban J connectivity index is 0.00000196. The maximum absolute atomic E-state index is 11.0. The van der Waals surface area contributed by atoms with E-state index < -0.39 is 17.8 Å². The van der Waals surface area contributed by atoms with Crippen molar-refractivity contribution in [1.82, 2.24) is 5.06 Å². The maximum atomic E-state index is 11.0. The topological polar surface area (TPSA) is 83.9 Å². The molecular formula is C8H10NO5U-. The first-order chi connectivity index (χ1) is 6.65. The minimum Gasteiger partial charge on any atom is -0.396 e. The second kappa shape index (κ2) is 6.88. The molecule has 0 aromatic rings. The number of carbonyl (C=O) groups excluding carboxylic acids is 3. The van der Waals surface area contributed by atoms with Gasteiger partial charge in [-0.1, -0.05) is 6.42 Å². The van der Waals surface area contributed by atoms with E-state index in [0.717, 1.165) is 6.42 Å². The maximum Gasteiger partial charge on any atom is 0.333 e. The van der Waals surface area contributed by atoms with E-state index >= 15 is 0 Å². The largest absolute Gasteiger partial charge is 0.396 e. The molecule has 0 spiro atoms. The van der Waals surface area contributed by atoms with Crippen LogP contribution in [0.15, 0.2) is 0 Å². The van der Waals surface area contributed by atoms with Crippen molar-refractivity contribution in [3.63, 3.8) is 0 Å². The van der Waals surface area contributed by atoms with Crippen LogP contribution >= 0.6 is 0 Å². The molecule has 6 nitrogen and oxygen atoms in total. The zero-order chi connectivity index (χ0) is 10.6. The number of amides is 2. The van der Waals surface area contributed by atoms with Crippen molar-refractivity contribution in [2.45, 2.75) is 19.3 Å². The molecule has 0 unspecified atom stereocenters. The second-order valence-corrected chi connectivity index (χ2v) is 2.73. The van der Waals surface area contributed by atoms with E-state index in [-0.39, 0.29) is 57.0 Å². The fourth-order valence-corrected chi connectivity index (χ4v) is 0.930. The van der Waals surface area contributed by atoms with Gasteiger partial charge in [-0.2, -0.15) is 0 Å². The molecule has 1 rings (SSSR count). The summed E-state index contributed by atoms with van der Waals surface area (Å²) < 4.78 is 0. The van der Waals surface area contributed by atoms with Crippen LogP contribution in [0.4, 0.5) is 0 Å². The summed E-state index contributed by atoms with van der Waals surface area (Å²) in [5.74, 6) is -1.87. The molecule has 0 aromatic carbocycles. The average Bonchev–Trinajstić information content (AvgIpc) is 2.46. The fourth-order valence-electron chi connectivity index (χ4n) is 0.930. The predicted octanol–water partition coefficient (Wildman–Crippen LogP) is -0.820. The standard InChI is InChI=1S/C8H10NO5.U/c10-5-1-2-8(13)14-9-6(11)3-4-7(9)12;/h3,10H,1-2,4-5H2;/q-1;. The van der Waals surface area contributed by atoms with Gasteiger partial charge in [0.2, 0.25) is 5.91 Å². The normalized spacial score (nSPS) is 14.6. The summed E-state index contributed by atoms with van der Waals surface area (Å²) in [5.41, 5.74) is 0. The van der Waals surface area contributed by atoms with Crippen LogP contribution < -0.4 is 0 Å². The number of aliphatic hydroxyl groups is 1. The molecule has 0 bridgehead atoms. The molecule has 0 atom stereocenters. The van der Waals surface area contributed by atoms with Gasteiger partial charge in [0, 0.05) is 37.7 Å². The summed E-state index contributed by atoms with van der Waals surface area (Å²) in [7, 11) is 0. The van der Waals surface area contributed by atoms with Gasteiger partial charge < -0.3 is 14.7 Å². The smallest absolute Gasteiger partial charge is 0.333 e. The summed E-state index contributed by atoms with van der Waals surface area (Å²) in [6.45, 7) is -0.136. The van der Waals surface area contributed by atoms with Gasteiger partial charge in [-0.3, -0.25) is 11.2 Å². The zero-order valence-electron chi connectivity index (χ0n) is 7.93.